The van der Waals surface area contributed by atoms with Gasteiger partial charge in [0.05, 0.1) is 5.75 Å². The molecule has 1 heterocycles. The van der Waals surface area contributed by atoms with Crippen molar-refractivity contribution >= 4 is 23.6 Å². The number of nitrogens with zero attached hydrogens (tertiary/aromatic N) is 3. The van der Waals surface area contributed by atoms with Crippen molar-refractivity contribution in [2.75, 3.05) is 12.3 Å². The maximum atomic E-state index is 11.8. The molecule has 1 aliphatic carbocycles. The molecule has 1 aromatic rings. The molecule has 1 amide bonds. The lowest BCUT2D eigenvalue weighted by Gasteiger charge is -2.10. The third-order valence-corrected chi connectivity index (χ3v) is 4.28. The molecule has 0 aliphatic heterocycles. The first-order valence-corrected chi connectivity index (χ1v) is 8.53. The molecule has 22 heavy (non-hydrogen) atoms. The number of hydrogen-bond acceptors (Lipinski definition) is 5. The molecule has 1 saturated carbocycles. The molecule has 0 saturated heterocycles. The molecule has 0 atom stereocenters. The summed E-state index contributed by atoms with van der Waals surface area (Å²) in [6.45, 7) is 4.57. The van der Waals surface area contributed by atoms with Gasteiger partial charge in [-0.3, -0.25) is 9.59 Å². The number of carboxylic acid groups (broad SMARTS) is 1. The predicted molar refractivity (Wildman–Crippen MR) is 83.0 cm³/mol. The molecule has 8 heteroatoms. The zero-order valence-electron chi connectivity index (χ0n) is 12.9. The standard InChI is InChI=1S/C14H22N4O3S/c1-9(2)13-16-17-14(18(13)10-5-6-10)22-8-11(19)15-7-3-4-12(20)21/h9-10H,3-8H2,1-2H3,(H,15,19)(H,20,21). The number of hydrogen-bond donors (Lipinski definition) is 2. The first-order chi connectivity index (χ1) is 10.5. The zero-order valence-corrected chi connectivity index (χ0v) is 13.7. The van der Waals surface area contributed by atoms with Crippen molar-refractivity contribution in [3.8, 4) is 0 Å². The summed E-state index contributed by atoms with van der Waals surface area (Å²) in [7, 11) is 0. The molecule has 0 aromatic carbocycles. The van der Waals surface area contributed by atoms with Crippen LogP contribution in [0.1, 0.15) is 57.3 Å². The van der Waals surface area contributed by atoms with Gasteiger partial charge in [-0.25, -0.2) is 0 Å². The molecule has 2 N–H and O–H groups in total. The maximum Gasteiger partial charge on any atom is 0.303 e. The molecule has 0 spiro atoms. The highest BCUT2D eigenvalue weighted by Crippen LogP contribution is 2.39. The molecular formula is C14H22N4O3S. The van der Waals surface area contributed by atoms with Crippen LogP contribution in [0.15, 0.2) is 5.16 Å². The van der Waals surface area contributed by atoms with Gasteiger partial charge in [-0.2, -0.15) is 0 Å². The van der Waals surface area contributed by atoms with E-state index in [-0.39, 0.29) is 18.1 Å². The number of rotatable bonds is 9. The van der Waals surface area contributed by atoms with Crippen LogP contribution in [0.2, 0.25) is 0 Å². The van der Waals surface area contributed by atoms with E-state index in [0.717, 1.165) is 23.8 Å². The Balaban J connectivity index is 1.81. The molecule has 0 radical (unpaired) electrons. The number of aromatic nitrogens is 3. The second kappa shape index (κ2) is 7.62. The second-order valence-corrected chi connectivity index (χ2v) is 6.68. The molecule has 7 nitrogen and oxygen atoms in total. The average molecular weight is 326 g/mol. The highest BCUT2D eigenvalue weighted by molar-refractivity contribution is 7.99. The van der Waals surface area contributed by atoms with Crippen LogP contribution in [-0.4, -0.2) is 44.0 Å². The largest absolute Gasteiger partial charge is 0.481 e. The third-order valence-electron chi connectivity index (χ3n) is 3.34. The van der Waals surface area contributed by atoms with Gasteiger partial charge in [0.25, 0.3) is 0 Å². The highest BCUT2D eigenvalue weighted by atomic mass is 32.2. The van der Waals surface area contributed by atoms with E-state index in [1.165, 1.54) is 11.8 Å². The van der Waals surface area contributed by atoms with Gasteiger partial charge in [0.15, 0.2) is 5.16 Å². The van der Waals surface area contributed by atoms with Gasteiger partial charge in [-0.15, -0.1) is 10.2 Å². The van der Waals surface area contributed by atoms with Crippen molar-refractivity contribution in [2.45, 2.75) is 56.6 Å². The Hall–Kier alpha value is -1.57. The summed E-state index contributed by atoms with van der Waals surface area (Å²) in [4.78, 5) is 22.1. The molecule has 0 unspecified atom stereocenters. The minimum atomic E-state index is -0.845. The Labute approximate surface area is 133 Å². The van der Waals surface area contributed by atoms with Crippen LogP contribution in [0, 0.1) is 0 Å². The van der Waals surface area contributed by atoms with Crippen LogP contribution in [0.4, 0.5) is 0 Å². The smallest absolute Gasteiger partial charge is 0.303 e. The quantitative estimate of drug-likeness (QED) is 0.530. The van der Waals surface area contributed by atoms with Gasteiger partial charge in [-0.05, 0) is 19.3 Å². The SMILES string of the molecule is CC(C)c1nnc(SCC(=O)NCCCC(=O)O)n1C1CC1. The number of thioether (sulfide) groups is 1. The van der Waals surface area contributed by atoms with E-state index in [1.807, 2.05) is 0 Å². The minimum absolute atomic E-state index is 0.0706. The van der Waals surface area contributed by atoms with E-state index >= 15 is 0 Å². The monoisotopic (exact) mass is 326 g/mol. The summed E-state index contributed by atoms with van der Waals surface area (Å²) >= 11 is 1.39. The number of amides is 1. The van der Waals surface area contributed by atoms with Crippen molar-refractivity contribution < 1.29 is 14.7 Å². The summed E-state index contributed by atoms with van der Waals surface area (Å²) in [5.74, 6) is 0.615. The number of aliphatic carboxylic acids is 1. The number of carbonyl (C=O) groups is 2. The second-order valence-electron chi connectivity index (χ2n) is 5.73. The van der Waals surface area contributed by atoms with E-state index < -0.39 is 5.97 Å². The fourth-order valence-electron chi connectivity index (χ4n) is 2.10. The van der Waals surface area contributed by atoms with Crippen LogP contribution in [0.3, 0.4) is 0 Å². The lowest BCUT2D eigenvalue weighted by Crippen LogP contribution is -2.26. The van der Waals surface area contributed by atoms with Crippen LogP contribution < -0.4 is 5.32 Å². The van der Waals surface area contributed by atoms with E-state index in [1.54, 1.807) is 0 Å². The van der Waals surface area contributed by atoms with Crippen molar-refractivity contribution in [1.29, 1.82) is 0 Å². The van der Waals surface area contributed by atoms with Gasteiger partial charge in [-0.1, -0.05) is 25.6 Å². The van der Waals surface area contributed by atoms with Gasteiger partial charge in [0.2, 0.25) is 5.91 Å². The molecule has 1 fully saturated rings. The van der Waals surface area contributed by atoms with Crippen molar-refractivity contribution in [1.82, 2.24) is 20.1 Å². The Bertz CT molecular complexity index is 540. The summed E-state index contributed by atoms with van der Waals surface area (Å²) in [6.07, 6.45) is 2.81. The molecule has 2 rings (SSSR count). The van der Waals surface area contributed by atoms with Crippen molar-refractivity contribution in [3.63, 3.8) is 0 Å². The Morgan fingerprint density at radius 3 is 2.73 bits per heavy atom. The number of nitrogens with one attached hydrogen (secondary N) is 1. The highest BCUT2D eigenvalue weighted by Gasteiger charge is 2.30. The maximum absolute atomic E-state index is 11.8. The molecule has 1 aliphatic rings. The van der Waals surface area contributed by atoms with Crippen molar-refractivity contribution in [2.24, 2.45) is 0 Å². The van der Waals surface area contributed by atoms with Gasteiger partial charge >= 0.3 is 5.97 Å². The van der Waals surface area contributed by atoms with Crippen LogP contribution in [0.5, 0.6) is 0 Å². The first kappa shape index (κ1) is 16.8. The molecule has 1 aromatic heterocycles. The topological polar surface area (TPSA) is 97.1 Å². The zero-order chi connectivity index (χ0) is 16.1. The Morgan fingerprint density at radius 2 is 2.14 bits per heavy atom. The van der Waals surface area contributed by atoms with Gasteiger partial charge < -0.3 is 15.0 Å². The third kappa shape index (κ3) is 4.72. The summed E-state index contributed by atoms with van der Waals surface area (Å²) in [5.41, 5.74) is 0. The molecular weight excluding hydrogens is 304 g/mol. The van der Waals surface area contributed by atoms with Gasteiger partial charge in [0.1, 0.15) is 5.82 Å². The lowest BCUT2D eigenvalue weighted by atomic mass is 10.2. The van der Waals surface area contributed by atoms with Gasteiger partial charge in [0, 0.05) is 24.9 Å². The normalized spacial score (nSPS) is 14.3. The fourth-order valence-corrected chi connectivity index (χ4v) is 2.95. The minimum Gasteiger partial charge on any atom is -0.481 e. The van der Waals surface area contributed by atoms with Crippen LogP contribution in [0.25, 0.3) is 0 Å². The molecule has 0 bridgehead atoms. The van der Waals surface area contributed by atoms with Crippen LogP contribution >= 0.6 is 11.8 Å². The lowest BCUT2D eigenvalue weighted by molar-refractivity contribution is -0.137. The molecule has 122 valence electrons. The van der Waals surface area contributed by atoms with E-state index in [2.05, 4.69) is 33.9 Å². The Kier molecular flexibility index (Phi) is 5.82. The first-order valence-electron chi connectivity index (χ1n) is 7.55. The fraction of sp³-hybridized carbons (Fsp3) is 0.714. The Morgan fingerprint density at radius 1 is 1.41 bits per heavy atom. The number of carboxylic acids is 1. The summed E-state index contributed by atoms with van der Waals surface area (Å²) < 4.78 is 2.16. The van der Waals surface area contributed by atoms with E-state index in [0.29, 0.717) is 24.9 Å². The predicted octanol–water partition coefficient (Wildman–Crippen LogP) is 1.81. The van der Waals surface area contributed by atoms with Crippen molar-refractivity contribution in [3.05, 3.63) is 5.82 Å². The number of carbonyl (C=O) groups excluding carboxylic acids is 1. The summed E-state index contributed by atoms with van der Waals surface area (Å²) in [5, 5.41) is 20.5. The van der Waals surface area contributed by atoms with Crippen LogP contribution in [-0.2, 0) is 9.59 Å². The summed E-state index contributed by atoms with van der Waals surface area (Å²) in [6, 6.07) is 0.480. The van der Waals surface area contributed by atoms with E-state index in [4.69, 9.17) is 5.11 Å². The van der Waals surface area contributed by atoms with E-state index in [9.17, 15) is 9.59 Å². The average Bonchev–Trinajstić information content (AvgIpc) is 3.20.